The average Bonchev–Trinajstić information content (AvgIpc) is 2.25. The van der Waals surface area contributed by atoms with Crippen molar-refractivity contribution >= 4 is 5.57 Å². The molecule has 0 radical (unpaired) electrons. The summed E-state index contributed by atoms with van der Waals surface area (Å²) in [5.74, 6) is 0. The molecule has 0 atom stereocenters. The van der Waals surface area contributed by atoms with Gasteiger partial charge in [-0.05, 0) is 25.5 Å². The van der Waals surface area contributed by atoms with Crippen LogP contribution in [0, 0.1) is 0 Å². The number of hydrogen-bond donors (Lipinski definition) is 1. The summed E-state index contributed by atoms with van der Waals surface area (Å²) in [5, 5.41) is 3.38. The van der Waals surface area contributed by atoms with Gasteiger partial charge in [0.15, 0.2) is 0 Å². The van der Waals surface area contributed by atoms with Crippen LogP contribution in [-0.4, -0.2) is 22.6 Å². The first kappa shape index (κ1) is 11.9. The highest BCUT2D eigenvalue weighted by molar-refractivity contribution is 5.61. The molecule has 1 aromatic heterocycles. The van der Waals surface area contributed by atoms with Crippen LogP contribution in [0.5, 0.6) is 0 Å². The summed E-state index contributed by atoms with van der Waals surface area (Å²) < 4.78 is 0. The van der Waals surface area contributed by atoms with Crippen molar-refractivity contribution < 1.29 is 0 Å². The van der Waals surface area contributed by atoms with Gasteiger partial charge in [-0.1, -0.05) is 19.9 Å². The molecule has 1 heterocycles. The molecule has 0 aliphatic heterocycles. The molecule has 0 spiro atoms. The van der Waals surface area contributed by atoms with Crippen molar-refractivity contribution in [2.45, 2.75) is 33.2 Å². The van der Waals surface area contributed by atoms with Gasteiger partial charge in [-0.3, -0.25) is 0 Å². The Morgan fingerprint density at radius 2 is 2.07 bits per heavy atom. The minimum absolute atomic E-state index is 0.554. The highest BCUT2D eigenvalue weighted by Crippen LogP contribution is 2.10. The van der Waals surface area contributed by atoms with E-state index in [4.69, 9.17) is 0 Å². The molecule has 0 saturated heterocycles. The predicted molar refractivity (Wildman–Crippen MR) is 63.4 cm³/mol. The van der Waals surface area contributed by atoms with Gasteiger partial charge >= 0.3 is 0 Å². The van der Waals surface area contributed by atoms with Gasteiger partial charge in [0.05, 0.1) is 0 Å². The van der Waals surface area contributed by atoms with E-state index < -0.39 is 0 Å². The molecule has 0 aliphatic rings. The Hall–Kier alpha value is -1.22. The van der Waals surface area contributed by atoms with Crippen LogP contribution >= 0.6 is 0 Å². The third kappa shape index (κ3) is 4.70. The Bertz CT molecular complexity index is 304. The second-order valence-electron chi connectivity index (χ2n) is 3.91. The summed E-state index contributed by atoms with van der Waals surface area (Å²) in [6.07, 6.45) is 8.49. The van der Waals surface area contributed by atoms with Crippen molar-refractivity contribution in [1.82, 2.24) is 15.3 Å². The first-order valence-corrected chi connectivity index (χ1v) is 5.35. The molecule has 82 valence electrons. The predicted octanol–water partition coefficient (Wildman–Crippen LogP) is 2.27. The SMILES string of the molecule is CC(=CCCNC(C)C)c1cncnc1. The molecule has 15 heavy (non-hydrogen) atoms. The minimum Gasteiger partial charge on any atom is -0.314 e. The van der Waals surface area contributed by atoms with Gasteiger partial charge < -0.3 is 5.32 Å². The topological polar surface area (TPSA) is 37.8 Å². The van der Waals surface area contributed by atoms with Crippen LogP contribution in [0.15, 0.2) is 24.8 Å². The molecule has 0 amide bonds. The fourth-order valence-electron chi connectivity index (χ4n) is 1.28. The zero-order valence-electron chi connectivity index (χ0n) is 9.70. The lowest BCUT2D eigenvalue weighted by Crippen LogP contribution is -2.23. The number of hydrogen-bond acceptors (Lipinski definition) is 3. The van der Waals surface area contributed by atoms with E-state index in [0.717, 1.165) is 18.5 Å². The maximum Gasteiger partial charge on any atom is 0.115 e. The van der Waals surface area contributed by atoms with E-state index in [1.807, 2.05) is 12.4 Å². The van der Waals surface area contributed by atoms with E-state index in [1.54, 1.807) is 6.33 Å². The van der Waals surface area contributed by atoms with Crippen molar-refractivity contribution in [3.63, 3.8) is 0 Å². The van der Waals surface area contributed by atoms with Gasteiger partial charge in [0.2, 0.25) is 0 Å². The van der Waals surface area contributed by atoms with E-state index in [-0.39, 0.29) is 0 Å². The summed E-state index contributed by atoms with van der Waals surface area (Å²) in [7, 11) is 0. The molecule has 3 nitrogen and oxygen atoms in total. The molecular formula is C12H19N3. The molecule has 1 rings (SSSR count). The zero-order chi connectivity index (χ0) is 11.1. The van der Waals surface area contributed by atoms with Crippen molar-refractivity contribution in [2.24, 2.45) is 0 Å². The molecule has 1 N–H and O–H groups in total. The lowest BCUT2D eigenvalue weighted by Gasteiger charge is -2.06. The second-order valence-corrected chi connectivity index (χ2v) is 3.91. The second kappa shape index (κ2) is 6.30. The molecule has 0 bridgehead atoms. The highest BCUT2D eigenvalue weighted by atomic mass is 14.9. The molecule has 0 aromatic carbocycles. The Kier molecular flexibility index (Phi) is 4.98. The maximum atomic E-state index is 3.99. The minimum atomic E-state index is 0.554. The summed E-state index contributed by atoms with van der Waals surface area (Å²) in [6.45, 7) is 7.42. The third-order valence-electron chi connectivity index (χ3n) is 2.16. The van der Waals surface area contributed by atoms with Gasteiger partial charge in [-0.15, -0.1) is 0 Å². The molecule has 3 heteroatoms. The Morgan fingerprint density at radius 3 is 2.67 bits per heavy atom. The highest BCUT2D eigenvalue weighted by Gasteiger charge is 1.95. The van der Waals surface area contributed by atoms with E-state index >= 15 is 0 Å². The van der Waals surface area contributed by atoms with Crippen molar-refractivity contribution in [1.29, 1.82) is 0 Å². The standard InChI is InChI=1S/C12H19N3/c1-10(2)15-6-4-5-11(3)12-7-13-9-14-8-12/h5,7-10,15H,4,6H2,1-3H3. The lowest BCUT2D eigenvalue weighted by atomic mass is 10.1. The van der Waals surface area contributed by atoms with Gasteiger partial charge in [-0.25, -0.2) is 9.97 Å². The van der Waals surface area contributed by atoms with Crippen LogP contribution in [-0.2, 0) is 0 Å². The average molecular weight is 205 g/mol. The molecule has 1 aromatic rings. The number of nitrogens with one attached hydrogen (secondary N) is 1. The van der Waals surface area contributed by atoms with Gasteiger partial charge in [0.25, 0.3) is 0 Å². The van der Waals surface area contributed by atoms with Crippen LogP contribution < -0.4 is 5.32 Å². The lowest BCUT2D eigenvalue weighted by molar-refractivity contribution is 0.595. The van der Waals surface area contributed by atoms with E-state index in [2.05, 4.69) is 42.1 Å². The smallest absolute Gasteiger partial charge is 0.115 e. The molecular weight excluding hydrogens is 186 g/mol. The maximum absolute atomic E-state index is 3.99. The van der Waals surface area contributed by atoms with Crippen LogP contribution in [0.3, 0.4) is 0 Å². The summed E-state index contributed by atoms with van der Waals surface area (Å²) in [6, 6.07) is 0.554. The number of allylic oxidation sites excluding steroid dienone is 1. The number of aromatic nitrogens is 2. The van der Waals surface area contributed by atoms with E-state index in [9.17, 15) is 0 Å². The van der Waals surface area contributed by atoms with Gasteiger partial charge in [0.1, 0.15) is 6.33 Å². The fraction of sp³-hybridized carbons (Fsp3) is 0.500. The van der Waals surface area contributed by atoms with E-state index in [1.165, 1.54) is 5.57 Å². The largest absolute Gasteiger partial charge is 0.314 e. The first-order chi connectivity index (χ1) is 7.20. The number of nitrogens with zero attached hydrogens (tertiary/aromatic N) is 2. The van der Waals surface area contributed by atoms with Gasteiger partial charge in [0, 0.05) is 24.0 Å². The molecule has 0 aliphatic carbocycles. The monoisotopic (exact) mass is 205 g/mol. The summed E-state index contributed by atoms with van der Waals surface area (Å²) in [5.41, 5.74) is 2.34. The Balaban J connectivity index is 2.40. The van der Waals surface area contributed by atoms with Crippen LogP contribution in [0.4, 0.5) is 0 Å². The quantitative estimate of drug-likeness (QED) is 0.749. The summed E-state index contributed by atoms with van der Waals surface area (Å²) >= 11 is 0. The molecule has 0 fully saturated rings. The zero-order valence-corrected chi connectivity index (χ0v) is 9.70. The summed E-state index contributed by atoms with van der Waals surface area (Å²) in [4.78, 5) is 7.99. The molecule has 0 unspecified atom stereocenters. The normalized spacial score (nSPS) is 12.1. The van der Waals surface area contributed by atoms with Gasteiger partial charge in [-0.2, -0.15) is 0 Å². The number of rotatable bonds is 5. The fourth-order valence-corrected chi connectivity index (χ4v) is 1.28. The Morgan fingerprint density at radius 1 is 1.40 bits per heavy atom. The first-order valence-electron chi connectivity index (χ1n) is 5.35. The van der Waals surface area contributed by atoms with Crippen LogP contribution in [0.25, 0.3) is 5.57 Å². The van der Waals surface area contributed by atoms with Crippen molar-refractivity contribution in [3.8, 4) is 0 Å². The van der Waals surface area contributed by atoms with Crippen LogP contribution in [0.2, 0.25) is 0 Å². The third-order valence-corrected chi connectivity index (χ3v) is 2.16. The van der Waals surface area contributed by atoms with Crippen molar-refractivity contribution in [3.05, 3.63) is 30.4 Å². The van der Waals surface area contributed by atoms with Crippen molar-refractivity contribution in [2.75, 3.05) is 6.54 Å². The molecule has 0 saturated carbocycles. The van der Waals surface area contributed by atoms with E-state index in [0.29, 0.717) is 6.04 Å². The van der Waals surface area contributed by atoms with Crippen LogP contribution in [0.1, 0.15) is 32.8 Å². The Labute approximate surface area is 91.7 Å².